The monoisotopic (exact) mass is 340 g/mol. The molecule has 1 amide bonds. The number of nitrogens with zero attached hydrogens (tertiary/aromatic N) is 4. The van der Waals surface area contributed by atoms with Crippen LogP contribution in [0.3, 0.4) is 0 Å². The van der Waals surface area contributed by atoms with E-state index in [0.29, 0.717) is 12.5 Å². The second-order valence-electron chi connectivity index (χ2n) is 7.09. The Kier molecular flexibility index (Phi) is 5.53. The third-order valence-corrected chi connectivity index (χ3v) is 5.24. The minimum atomic E-state index is 0.227. The summed E-state index contributed by atoms with van der Waals surface area (Å²) in [6.45, 7) is 4.59. The summed E-state index contributed by atoms with van der Waals surface area (Å²) >= 11 is 0. The molecule has 0 unspecified atom stereocenters. The summed E-state index contributed by atoms with van der Waals surface area (Å²) in [6, 6.07) is 9.01. The number of benzene rings is 1. The first kappa shape index (κ1) is 17.7. The number of hydrogen-bond acceptors (Lipinski definition) is 3. The molecule has 134 valence electrons. The van der Waals surface area contributed by atoms with Gasteiger partial charge in [0.15, 0.2) is 0 Å². The van der Waals surface area contributed by atoms with Crippen LogP contribution < -0.4 is 0 Å². The Labute approximate surface area is 150 Å². The van der Waals surface area contributed by atoms with E-state index in [1.807, 2.05) is 25.1 Å². The minimum absolute atomic E-state index is 0.227. The fraction of sp³-hybridized carbons (Fsp3) is 0.500. The maximum absolute atomic E-state index is 12.5. The van der Waals surface area contributed by atoms with Crippen LogP contribution in [0.5, 0.6) is 0 Å². The molecule has 0 saturated carbocycles. The van der Waals surface area contributed by atoms with Gasteiger partial charge in [0.2, 0.25) is 5.91 Å². The number of rotatable bonds is 6. The average molecular weight is 340 g/mol. The van der Waals surface area contributed by atoms with Crippen molar-refractivity contribution < 1.29 is 4.79 Å². The summed E-state index contributed by atoms with van der Waals surface area (Å²) in [7, 11) is 4.08. The van der Waals surface area contributed by atoms with Crippen molar-refractivity contribution in [3.8, 4) is 0 Å². The van der Waals surface area contributed by atoms with E-state index in [0.717, 1.165) is 38.3 Å². The van der Waals surface area contributed by atoms with Gasteiger partial charge in [0, 0.05) is 51.5 Å². The lowest BCUT2D eigenvalue weighted by Gasteiger charge is -2.36. The molecule has 5 nitrogen and oxygen atoms in total. The molecule has 0 N–H and O–H groups in total. The molecule has 25 heavy (non-hydrogen) atoms. The number of amides is 1. The van der Waals surface area contributed by atoms with E-state index in [2.05, 4.69) is 45.8 Å². The highest BCUT2D eigenvalue weighted by molar-refractivity contribution is 5.75. The molecule has 0 saturated heterocycles. The summed E-state index contributed by atoms with van der Waals surface area (Å²) in [6.07, 6.45) is 6.22. The summed E-state index contributed by atoms with van der Waals surface area (Å²) in [5, 5.41) is 0. The number of carbonyl (C=O) groups excluding carboxylic acids is 1. The van der Waals surface area contributed by atoms with Crippen LogP contribution in [-0.4, -0.2) is 51.9 Å². The van der Waals surface area contributed by atoms with Gasteiger partial charge < -0.3 is 9.47 Å². The number of aryl methyl sites for hydroxylation is 2. The van der Waals surface area contributed by atoms with Crippen LogP contribution in [0, 0.1) is 6.92 Å². The molecule has 3 rings (SSSR count). The van der Waals surface area contributed by atoms with E-state index in [-0.39, 0.29) is 5.91 Å². The first-order valence-corrected chi connectivity index (χ1v) is 9.03. The molecule has 2 heterocycles. The fourth-order valence-corrected chi connectivity index (χ4v) is 3.57. The summed E-state index contributed by atoms with van der Waals surface area (Å²) in [5.74, 6) is 1.23. The van der Waals surface area contributed by atoms with Gasteiger partial charge in [-0.05, 0) is 37.9 Å². The normalized spacial score (nSPS) is 17.3. The standard InChI is InChI=1S/C20H28N4O/c1-16-21-10-12-24(16)11-6-9-20(25)23(3)15-19-13-17-7-4-5-8-18(17)14-22(19)2/h4-5,7-8,10,12,19H,6,9,11,13-15H2,1-3H3/t19-/m0/s1. The van der Waals surface area contributed by atoms with Crippen LogP contribution in [0.2, 0.25) is 0 Å². The highest BCUT2D eigenvalue weighted by Crippen LogP contribution is 2.22. The Morgan fingerprint density at radius 1 is 1.32 bits per heavy atom. The molecule has 1 aromatic carbocycles. The number of fused-ring (bicyclic) bond motifs is 1. The Bertz CT molecular complexity index is 724. The van der Waals surface area contributed by atoms with E-state index < -0.39 is 0 Å². The second kappa shape index (κ2) is 7.83. The van der Waals surface area contributed by atoms with Crippen molar-refractivity contribution in [2.75, 3.05) is 20.6 Å². The largest absolute Gasteiger partial charge is 0.344 e. The SMILES string of the molecule is Cc1nccn1CCCC(=O)N(C)C[C@@H]1Cc2ccccc2CN1C. The lowest BCUT2D eigenvalue weighted by Crippen LogP contribution is -2.46. The Morgan fingerprint density at radius 3 is 2.80 bits per heavy atom. The summed E-state index contributed by atoms with van der Waals surface area (Å²) in [4.78, 5) is 20.9. The highest BCUT2D eigenvalue weighted by atomic mass is 16.2. The molecule has 1 aromatic heterocycles. The predicted octanol–water partition coefficient (Wildman–Crippen LogP) is 2.49. The molecule has 0 spiro atoms. The van der Waals surface area contributed by atoms with Gasteiger partial charge in [-0.15, -0.1) is 0 Å². The molecular formula is C20H28N4O. The zero-order chi connectivity index (χ0) is 17.8. The lowest BCUT2D eigenvalue weighted by atomic mass is 9.94. The highest BCUT2D eigenvalue weighted by Gasteiger charge is 2.25. The molecule has 0 aliphatic carbocycles. The minimum Gasteiger partial charge on any atom is -0.344 e. The predicted molar refractivity (Wildman–Crippen MR) is 99.2 cm³/mol. The van der Waals surface area contributed by atoms with Gasteiger partial charge in [-0.25, -0.2) is 4.98 Å². The molecule has 0 radical (unpaired) electrons. The van der Waals surface area contributed by atoms with Gasteiger partial charge in [0.05, 0.1) is 0 Å². The number of hydrogen-bond donors (Lipinski definition) is 0. The number of likely N-dealkylation sites (N-methyl/N-ethyl adjacent to an activating group) is 2. The molecule has 1 aliphatic rings. The zero-order valence-corrected chi connectivity index (χ0v) is 15.5. The molecular weight excluding hydrogens is 312 g/mol. The maximum atomic E-state index is 12.5. The molecule has 5 heteroatoms. The van der Waals surface area contributed by atoms with Crippen LogP contribution >= 0.6 is 0 Å². The van der Waals surface area contributed by atoms with Crippen molar-refractivity contribution in [1.82, 2.24) is 19.4 Å². The van der Waals surface area contributed by atoms with Crippen LogP contribution in [-0.2, 0) is 24.3 Å². The average Bonchev–Trinajstić information content (AvgIpc) is 3.00. The molecule has 1 atom stereocenters. The van der Waals surface area contributed by atoms with Crippen molar-refractivity contribution in [3.05, 3.63) is 53.6 Å². The first-order valence-electron chi connectivity index (χ1n) is 9.03. The van der Waals surface area contributed by atoms with Gasteiger partial charge >= 0.3 is 0 Å². The summed E-state index contributed by atoms with van der Waals surface area (Å²) < 4.78 is 2.10. The van der Waals surface area contributed by atoms with Gasteiger partial charge in [-0.1, -0.05) is 24.3 Å². The van der Waals surface area contributed by atoms with E-state index in [1.54, 1.807) is 6.20 Å². The van der Waals surface area contributed by atoms with E-state index in [1.165, 1.54) is 11.1 Å². The van der Waals surface area contributed by atoms with Gasteiger partial charge in [0.1, 0.15) is 5.82 Å². The van der Waals surface area contributed by atoms with Crippen LogP contribution in [0.15, 0.2) is 36.7 Å². The van der Waals surface area contributed by atoms with E-state index in [9.17, 15) is 4.79 Å². The van der Waals surface area contributed by atoms with Crippen LogP contribution in [0.25, 0.3) is 0 Å². The lowest BCUT2D eigenvalue weighted by molar-refractivity contribution is -0.130. The maximum Gasteiger partial charge on any atom is 0.222 e. The molecule has 0 fully saturated rings. The van der Waals surface area contributed by atoms with E-state index in [4.69, 9.17) is 0 Å². The number of imidazole rings is 1. The first-order chi connectivity index (χ1) is 12.0. The Balaban J connectivity index is 1.49. The fourth-order valence-electron chi connectivity index (χ4n) is 3.57. The van der Waals surface area contributed by atoms with Crippen LogP contribution in [0.1, 0.15) is 29.8 Å². The van der Waals surface area contributed by atoms with Crippen molar-refractivity contribution in [2.45, 2.75) is 45.3 Å². The van der Waals surface area contributed by atoms with Gasteiger partial charge in [-0.3, -0.25) is 9.69 Å². The molecule has 2 aromatic rings. The van der Waals surface area contributed by atoms with Crippen molar-refractivity contribution in [1.29, 1.82) is 0 Å². The third-order valence-electron chi connectivity index (χ3n) is 5.24. The topological polar surface area (TPSA) is 41.4 Å². The molecule has 0 bridgehead atoms. The van der Waals surface area contributed by atoms with Crippen molar-refractivity contribution >= 4 is 5.91 Å². The zero-order valence-electron chi connectivity index (χ0n) is 15.5. The third kappa shape index (κ3) is 4.28. The molecule has 1 aliphatic heterocycles. The van der Waals surface area contributed by atoms with Gasteiger partial charge in [0.25, 0.3) is 0 Å². The Morgan fingerprint density at radius 2 is 2.08 bits per heavy atom. The summed E-state index contributed by atoms with van der Waals surface area (Å²) in [5.41, 5.74) is 2.83. The van der Waals surface area contributed by atoms with Gasteiger partial charge in [-0.2, -0.15) is 0 Å². The quantitative estimate of drug-likeness (QED) is 0.811. The van der Waals surface area contributed by atoms with Crippen molar-refractivity contribution in [3.63, 3.8) is 0 Å². The second-order valence-corrected chi connectivity index (χ2v) is 7.09. The smallest absolute Gasteiger partial charge is 0.222 e. The number of carbonyl (C=O) groups is 1. The van der Waals surface area contributed by atoms with Crippen LogP contribution in [0.4, 0.5) is 0 Å². The number of aromatic nitrogens is 2. The van der Waals surface area contributed by atoms with E-state index >= 15 is 0 Å². The Hall–Kier alpha value is -2.14. The van der Waals surface area contributed by atoms with Crippen molar-refractivity contribution in [2.24, 2.45) is 0 Å².